The molecular formula is C31H25NO7. The monoisotopic (exact) mass is 523 g/mol. The highest BCUT2D eigenvalue weighted by Gasteiger charge is 2.47. The summed E-state index contributed by atoms with van der Waals surface area (Å²) in [6.45, 7) is 1.44. The zero-order valence-corrected chi connectivity index (χ0v) is 21.2. The topological polar surface area (TPSA) is 107 Å². The van der Waals surface area contributed by atoms with Crippen LogP contribution in [-0.4, -0.2) is 36.1 Å². The molecule has 1 saturated heterocycles. The van der Waals surface area contributed by atoms with E-state index in [9.17, 15) is 24.0 Å². The van der Waals surface area contributed by atoms with E-state index in [0.29, 0.717) is 24.1 Å². The van der Waals surface area contributed by atoms with Crippen LogP contribution in [0.1, 0.15) is 49.5 Å². The number of allylic oxidation sites excluding steroid dienone is 2. The Morgan fingerprint density at radius 2 is 1.23 bits per heavy atom. The van der Waals surface area contributed by atoms with Crippen molar-refractivity contribution >= 4 is 35.2 Å². The number of amides is 2. The highest BCUT2D eigenvalue weighted by atomic mass is 16.5. The maximum absolute atomic E-state index is 12.7. The number of esters is 2. The van der Waals surface area contributed by atoms with Crippen LogP contribution >= 0.6 is 0 Å². The number of hydrogen-bond donors (Lipinski definition) is 0. The Morgan fingerprint density at radius 1 is 0.718 bits per heavy atom. The number of ketones is 1. The van der Waals surface area contributed by atoms with Gasteiger partial charge in [-0.3, -0.25) is 19.3 Å². The number of benzene rings is 3. The number of ether oxygens (including phenoxy) is 2. The second-order valence-corrected chi connectivity index (χ2v) is 9.49. The second kappa shape index (κ2) is 10.9. The lowest BCUT2D eigenvalue weighted by molar-refractivity contribution is -0.122. The molecule has 0 N–H and O–H groups in total. The molecule has 1 fully saturated rings. The van der Waals surface area contributed by atoms with Crippen LogP contribution in [0.25, 0.3) is 0 Å². The van der Waals surface area contributed by atoms with Crippen molar-refractivity contribution in [2.75, 3.05) is 11.5 Å². The van der Waals surface area contributed by atoms with Gasteiger partial charge in [-0.1, -0.05) is 29.8 Å². The summed E-state index contributed by atoms with van der Waals surface area (Å²) in [5, 5.41) is 0. The number of anilines is 1. The number of nitrogens with zero attached hydrogens (tertiary/aromatic N) is 1. The van der Waals surface area contributed by atoms with E-state index in [1.54, 1.807) is 12.1 Å². The fourth-order valence-corrected chi connectivity index (χ4v) is 4.66. The summed E-state index contributed by atoms with van der Waals surface area (Å²) in [6, 6.07) is 18.9. The number of carbonyl (C=O) groups excluding carboxylic acids is 5. The largest absolute Gasteiger partial charge is 0.454 e. The van der Waals surface area contributed by atoms with Crippen molar-refractivity contribution in [2.24, 2.45) is 11.8 Å². The summed E-state index contributed by atoms with van der Waals surface area (Å²) in [5.74, 6) is -2.52. The Kier molecular flexibility index (Phi) is 7.19. The van der Waals surface area contributed by atoms with Crippen molar-refractivity contribution in [2.45, 2.75) is 19.8 Å². The fourth-order valence-electron chi connectivity index (χ4n) is 4.66. The van der Waals surface area contributed by atoms with Crippen LogP contribution in [0.3, 0.4) is 0 Å². The molecule has 196 valence electrons. The average molecular weight is 524 g/mol. The predicted octanol–water partition coefficient (Wildman–Crippen LogP) is 4.71. The van der Waals surface area contributed by atoms with Crippen molar-refractivity contribution < 1.29 is 33.4 Å². The highest BCUT2D eigenvalue weighted by Crippen LogP contribution is 2.37. The van der Waals surface area contributed by atoms with E-state index >= 15 is 0 Å². The number of Topliss-reactive ketones (excluding diaryl/α,β-unsaturated/α-hetero) is 1. The molecule has 2 aliphatic rings. The van der Waals surface area contributed by atoms with E-state index in [0.717, 1.165) is 5.56 Å². The summed E-state index contributed by atoms with van der Waals surface area (Å²) in [6.07, 6.45) is 4.94. The molecule has 0 unspecified atom stereocenters. The van der Waals surface area contributed by atoms with Gasteiger partial charge in [-0.2, -0.15) is 0 Å². The van der Waals surface area contributed by atoms with Gasteiger partial charge in [-0.05, 0) is 80.4 Å². The number of aryl methyl sites for hydroxylation is 1. The first-order chi connectivity index (χ1) is 18.8. The van der Waals surface area contributed by atoms with Gasteiger partial charge < -0.3 is 9.47 Å². The molecule has 0 spiro atoms. The maximum atomic E-state index is 12.7. The maximum Gasteiger partial charge on any atom is 0.343 e. The SMILES string of the molecule is Cc1ccc(C(=O)Oc2ccc(C(=O)COC(=O)c3ccc(N4C(=O)[C@H]5CC=CC[C@@H]5C4=O)cc3)cc2)cc1. The van der Waals surface area contributed by atoms with Gasteiger partial charge in [-0.15, -0.1) is 0 Å². The first-order valence-electron chi connectivity index (χ1n) is 12.5. The number of carbonyl (C=O) groups is 5. The van der Waals surface area contributed by atoms with Crippen LogP contribution in [0.15, 0.2) is 84.9 Å². The Labute approximate surface area is 224 Å². The summed E-state index contributed by atoms with van der Waals surface area (Å²) in [4.78, 5) is 63.9. The van der Waals surface area contributed by atoms with Crippen molar-refractivity contribution in [3.05, 3.63) is 107 Å². The quantitative estimate of drug-likeness (QED) is 0.145. The van der Waals surface area contributed by atoms with E-state index in [2.05, 4.69) is 0 Å². The van der Waals surface area contributed by atoms with Gasteiger partial charge in [-0.25, -0.2) is 9.59 Å². The fraction of sp³-hybridized carbons (Fsp3) is 0.194. The van der Waals surface area contributed by atoms with E-state index in [-0.39, 0.29) is 40.5 Å². The summed E-state index contributed by atoms with van der Waals surface area (Å²) < 4.78 is 10.5. The third-order valence-electron chi connectivity index (χ3n) is 6.88. The molecule has 5 rings (SSSR count). The van der Waals surface area contributed by atoms with E-state index in [1.165, 1.54) is 53.4 Å². The molecule has 1 aliphatic heterocycles. The van der Waals surface area contributed by atoms with Gasteiger partial charge >= 0.3 is 11.9 Å². The van der Waals surface area contributed by atoms with E-state index in [1.807, 2.05) is 31.2 Å². The van der Waals surface area contributed by atoms with Crippen LogP contribution in [0, 0.1) is 18.8 Å². The molecule has 1 aliphatic carbocycles. The number of imide groups is 1. The molecule has 3 aromatic carbocycles. The number of rotatable bonds is 7. The predicted molar refractivity (Wildman–Crippen MR) is 141 cm³/mol. The van der Waals surface area contributed by atoms with Crippen molar-refractivity contribution in [3.8, 4) is 5.75 Å². The van der Waals surface area contributed by atoms with Crippen LogP contribution in [0.4, 0.5) is 5.69 Å². The molecule has 39 heavy (non-hydrogen) atoms. The molecule has 3 aromatic rings. The molecule has 0 radical (unpaired) electrons. The lowest BCUT2D eigenvalue weighted by Gasteiger charge is -2.15. The van der Waals surface area contributed by atoms with Gasteiger partial charge in [0.15, 0.2) is 12.4 Å². The summed E-state index contributed by atoms with van der Waals surface area (Å²) in [5.41, 5.74) is 2.31. The minimum Gasteiger partial charge on any atom is -0.454 e. The van der Waals surface area contributed by atoms with E-state index in [4.69, 9.17) is 9.47 Å². The Morgan fingerprint density at radius 3 is 1.82 bits per heavy atom. The lowest BCUT2D eigenvalue weighted by Crippen LogP contribution is -2.30. The zero-order chi connectivity index (χ0) is 27.5. The molecule has 0 bridgehead atoms. The van der Waals surface area contributed by atoms with Gasteiger partial charge in [0, 0.05) is 5.56 Å². The van der Waals surface area contributed by atoms with Gasteiger partial charge in [0.05, 0.1) is 28.7 Å². The number of hydrogen-bond acceptors (Lipinski definition) is 7. The highest BCUT2D eigenvalue weighted by molar-refractivity contribution is 6.22. The molecule has 0 saturated carbocycles. The van der Waals surface area contributed by atoms with Gasteiger partial charge in [0.2, 0.25) is 11.8 Å². The minimum atomic E-state index is -0.713. The first-order valence-corrected chi connectivity index (χ1v) is 12.5. The smallest absolute Gasteiger partial charge is 0.343 e. The van der Waals surface area contributed by atoms with Crippen molar-refractivity contribution in [1.29, 1.82) is 0 Å². The Balaban J connectivity index is 1.15. The molecule has 8 nitrogen and oxygen atoms in total. The van der Waals surface area contributed by atoms with Crippen LogP contribution in [0.2, 0.25) is 0 Å². The van der Waals surface area contributed by atoms with E-state index < -0.39 is 24.3 Å². The zero-order valence-electron chi connectivity index (χ0n) is 21.2. The second-order valence-electron chi connectivity index (χ2n) is 9.49. The van der Waals surface area contributed by atoms with Crippen LogP contribution < -0.4 is 9.64 Å². The third kappa shape index (κ3) is 5.40. The molecular weight excluding hydrogens is 498 g/mol. The summed E-state index contributed by atoms with van der Waals surface area (Å²) in [7, 11) is 0. The molecule has 2 amide bonds. The van der Waals surface area contributed by atoms with Crippen molar-refractivity contribution in [1.82, 2.24) is 0 Å². The molecule has 1 heterocycles. The number of fused-ring (bicyclic) bond motifs is 1. The molecule has 8 heteroatoms. The first kappa shape index (κ1) is 25.8. The normalized spacial score (nSPS) is 18.0. The standard InChI is InChI=1S/C31H25NO7/c1-19-6-8-22(9-7-19)31(37)39-24-16-12-20(13-17-24)27(33)18-38-30(36)21-10-14-23(15-11-21)32-28(34)25-4-2-3-5-26(25)29(32)35/h2-3,6-17,25-26H,4-5,18H2,1H3/t25-,26-/m0/s1. The minimum absolute atomic E-state index is 0.183. The van der Waals surface area contributed by atoms with Crippen LogP contribution in [0.5, 0.6) is 5.75 Å². The average Bonchev–Trinajstić information content (AvgIpc) is 3.22. The van der Waals surface area contributed by atoms with Crippen molar-refractivity contribution in [3.63, 3.8) is 0 Å². The van der Waals surface area contributed by atoms with Crippen LogP contribution in [-0.2, 0) is 14.3 Å². The van der Waals surface area contributed by atoms with Gasteiger partial charge in [0.25, 0.3) is 0 Å². The molecule has 2 atom stereocenters. The lowest BCUT2D eigenvalue weighted by atomic mass is 9.85. The molecule has 0 aromatic heterocycles. The van der Waals surface area contributed by atoms with Gasteiger partial charge in [0.1, 0.15) is 5.75 Å². The Hall–Kier alpha value is -4.85. The summed E-state index contributed by atoms with van der Waals surface area (Å²) >= 11 is 0. The third-order valence-corrected chi connectivity index (χ3v) is 6.88. The Bertz CT molecular complexity index is 1440.